The van der Waals surface area contributed by atoms with Crippen molar-refractivity contribution in [3.05, 3.63) is 40.2 Å². The Morgan fingerprint density at radius 3 is 3.04 bits per heavy atom. The van der Waals surface area contributed by atoms with Crippen LogP contribution < -0.4 is 5.32 Å². The lowest BCUT2D eigenvalue weighted by Crippen LogP contribution is -2.39. The van der Waals surface area contributed by atoms with E-state index in [-0.39, 0.29) is 23.7 Å². The number of aromatic nitrogens is 1. The van der Waals surface area contributed by atoms with Gasteiger partial charge in [0.05, 0.1) is 29.1 Å². The number of rotatable bonds is 5. The zero-order chi connectivity index (χ0) is 17.8. The van der Waals surface area contributed by atoms with Gasteiger partial charge in [-0.1, -0.05) is 13.8 Å². The Labute approximate surface area is 151 Å². The third kappa shape index (κ3) is 4.28. The fourth-order valence-electron chi connectivity index (χ4n) is 2.91. The van der Waals surface area contributed by atoms with Crippen molar-refractivity contribution in [1.82, 2.24) is 15.2 Å². The summed E-state index contributed by atoms with van der Waals surface area (Å²) < 4.78 is 5.01. The number of carbonyl (C=O) groups excluding carboxylic acids is 2. The summed E-state index contributed by atoms with van der Waals surface area (Å²) in [7, 11) is 0. The minimum absolute atomic E-state index is 0.0134. The van der Waals surface area contributed by atoms with E-state index in [1.807, 2.05) is 24.1 Å². The number of nitrogens with one attached hydrogen (secondary N) is 1. The van der Waals surface area contributed by atoms with E-state index in [2.05, 4.69) is 10.3 Å². The summed E-state index contributed by atoms with van der Waals surface area (Å²) in [5, 5.41) is 5.92. The first-order chi connectivity index (χ1) is 12.0. The third-order valence-corrected chi connectivity index (χ3v) is 5.42. The molecule has 0 saturated carbocycles. The van der Waals surface area contributed by atoms with E-state index in [1.165, 1.54) is 12.5 Å². The molecule has 25 heavy (non-hydrogen) atoms. The summed E-state index contributed by atoms with van der Waals surface area (Å²) in [4.78, 5) is 30.7. The fraction of sp³-hybridized carbons (Fsp3) is 0.500. The summed E-state index contributed by atoms with van der Waals surface area (Å²) in [6, 6.07) is 1.70. The molecule has 2 aromatic heterocycles. The maximum Gasteiger partial charge on any atom is 0.257 e. The van der Waals surface area contributed by atoms with Gasteiger partial charge in [0, 0.05) is 30.3 Å². The second kappa shape index (κ2) is 7.82. The molecule has 1 fully saturated rings. The number of piperidine rings is 1. The number of hydrogen-bond donors (Lipinski definition) is 1. The van der Waals surface area contributed by atoms with Crippen LogP contribution in [0.2, 0.25) is 0 Å². The van der Waals surface area contributed by atoms with Gasteiger partial charge < -0.3 is 14.6 Å². The SMILES string of the molecule is CC(C)C(=O)NCc1csc([C@@H]2CCCN(C(=O)c3ccoc3)C2)n1. The predicted molar refractivity (Wildman–Crippen MR) is 95.4 cm³/mol. The first kappa shape index (κ1) is 17.7. The monoisotopic (exact) mass is 361 g/mol. The lowest BCUT2D eigenvalue weighted by atomic mass is 9.98. The highest BCUT2D eigenvalue weighted by Gasteiger charge is 2.27. The van der Waals surface area contributed by atoms with Crippen LogP contribution in [0, 0.1) is 5.92 Å². The van der Waals surface area contributed by atoms with Crippen LogP contribution in [0.25, 0.3) is 0 Å². The van der Waals surface area contributed by atoms with Crippen LogP contribution in [0.15, 0.2) is 28.4 Å². The second-order valence-corrected chi connectivity index (χ2v) is 7.54. The largest absolute Gasteiger partial charge is 0.472 e. The summed E-state index contributed by atoms with van der Waals surface area (Å²) in [6.45, 7) is 5.64. The van der Waals surface area contributed by atoms with Crippen molar-refractivity contribution in [2.75, 3.05) is 13.1 Å². The third-order valence-electron chi connectivity index (χ3n) is 4.36. The van der Waals surface area contributed by atoms with Crippen LogP contribution >= 0.6 is 11.3 Å². The molecule has 0 radical (unpaired) electrons. The van der Waals surface area contributed by atoms with Gasteiger partial charge in [-0.3, -0.25) is 9.59 Å². The van der Waals surface area contributed by atoms with Crippen LogP contribution in [0.1, 0.15) is 53.7 Å². The topological polar surface area (TPSA) is 75.4 Å². The number of thiazole rings is 1. The Bertz CT molecular complexity index is 724. The molecule has 0 unspecified atom stereocenters. The number of hydrogen-bond acceptors (Lipinski definition) is 5. The Kier molecular flexibility index (Phi) is 5.53. The van der Waals surface area contributed by atoms with Crippen molar-refractivity contribution in [1.29, 1.82) is 0 Å². The zero-order valence-corrected chi connectivity index (χ0v) is 15.3. The molecular formula is C18H23N3O3S. The molecule has 3 rings (SSSR count). The van der Waals surface area contributed by atoms with Gasteiger partial charge >= 0.3 is 0 Å². The summed E-state index contributed by atoms with van der Waals surface area (Å²) >= 11 is 1.61. The molecule has 1 aliphatic heterocycles. The van der Waals surface area contributed by atoms with Crippen molar-refractivity contribution in [2.45, 2.75) is 39.2 Å². The highest BCUT2D eigenvalue weighted by Crippen LogP contribution is 2.30. The van der Waals surface area contributed by atoms with E-state index < -0.39 is 0 Å². The molecule has 2 aromatic rings. The maximum atomic E-state index is 12.5. The van der Waals surface area contributed by atoms with Crippen molar-refractivity contribution < 1.29 is 14.0 Å². The van der Waals surface area contributed by atoms with E-state index in [0.717, 1.165) is 30.1 Å². The Morgan fingerprint density at radius 2 is 2.32 bits per heavy atom. The average Bonchev–Trinajstić information content (AvgIpc) is 3.30. The molecule has 1 N–H and O–H groups in total. The van der Waals surface area contributed by atoms with Crippen LogP contribution in [0.3, 0.4) is 0 Å². The fourth-order valence-corrected chi connectivity index (χ4v) is 3.85. The van der Waals surface area contributed by atoms with Gasteiger partial charge in [-0.15, -0.1) is 11.3 Å². The minimum Gasteiger partial charge on any atom is -0.472 e. The highest BCUT2D eigenvalue weighted by atomic mass is 32.1. The molecule has 1 atom stereocenters. The summed E-state index contributed by atoms with van der Waals surface area (Å²) in [5.41, 5.74) is 1.48. The standard InChI is InChI=1S/C18H23N3O3S/c1-12(2)16(22)19-8-15-11-25-17(20-15)13-4-3-6-21(9-13)18(23)14-5-7-24-10-14/h5,7,10-13H,3-4,6,8-9H2,1-2H3,(H,19,22)/t13-/m1/s1. The molecule has 6 nitrogen and oxygen atoms in total. The quantitative estimate of drug-likeness (QED) is 0.888. The van der Waals surface area contributed by atoms with E-state index in [4.69, 9.17) is 4.42 Å². The molecule has 134 valence electrons. The van der Waals surface area contributed by atoms with Crippen molar-refractivity contribution >= 4 is 23.2 Å². The zero-order valence-electron chi connectivity index (χ0n) is 14.5. The van der Waals surface area contributed by atoms with Gasteiger partial charge in [0.15, 0.2) is 0 Å². The first-order valence-corrected chi connectivity index (χ1v) is 9.46. The van der Waals surface area contributed by atoms with Crippen LogP contribution in [0.5, 0.6) is 0 Å². The average molecular weight is 361 g/mol. The highest BCUT2D eigenvalue weighted by molar-refractivity contribution is 7.09. The molecule has 3 heterocycles. The van der Waals surface area contributed by atoms with E-state index in [9.17, 15) is 9.59 Å². The Balaban J connectivity index is 1.60. The molecule has 0 aliphatic carbocycles. The van der Waals surface area contributed by atoms with E-state index in [0.29, 0.717) is 18.7 Å². The molecular weight excluding hydrogens is 338 g/mol. The van der Waals surface area contributed by atoms with Gasteiger partial charge in [-0.2, -0.15) is 0 Å². The molecule has 7 heteroatoms. The number of likely N-dealkylation sites (tertiary alicyclic amines) is 1. The van der Waals surface area contributed by atoms with E-state index >= 15 is 0 Å². The summed E-state index contributed by atoms with van der Waals surface area (Å²) in [5.74, 6) is 0.270. The molecule has 2 amide bonds. The molecule has 0 spiro atoms. The first-order valence-electron chi connectivity index (χ1n) is 8.58. The van der Waals surface area contributed by atoms with E-state index in [1.54, 1.807) is 17.4 Å². The molecule has 0 aromatic carbocycles. The van der Waals surface area contributed by atoms with Crippen LogP contribution in [-0.4, -0.2) is 34.8 Å². The van der Waals surface area contributed by atoms with Crippen molar-refractivity contribution in [2.24, 2.45) is 5.92 Å². The Morgan fingerprint density at radius 1 is 1.48 bits per heavy atom. The van der Waals surface area contributed by atoms with Gasteiger partial charge in [0.2, 0.25) is 5.91 Å². The second-order valence-electron chi connectivity index (χ2n) is 6.65. The van der Waals surface area contributed by atoms with Crippen LogP contribution in [0.4, 0.5) is 0 Å². The molecule has 1 saturated heterocycles. The van der Waals surface area contributed by atoms with Gasteiger partial charge in [-0.05, 0) is 18.9 Å². The van der Waals surface area contributed by atoms with Gasteiger partial charge in [0.1, 0.15) is 6.26 Å². The van der Waals surface area contributed by atoms with Gasteiger partial charge in [-0.25, -0.2) is 4.98 Å². The normalized spacial score (nSPS) is 17.7. The maximum absolute atomic E-state index is 12.5. The number of carbonyl (C=O) groups is 2. The molecule has 1 aliphatic rings. The smallest absolute Gasteiger partial charge is 0.257 e. The lowest BCUT2D eigenvalue weighted by molar-refractivity contribution is -0.124. The molecule has 0 bridgehead atoms. The van der Waals surface area contributed by atoms with Crippen molar-refractivity contribution in [3.8, 4) is 0 Å². The number of nitrogens with zero attached hydrogens (tertiary/aromatic N) is 2. The van der Waals surface area contributed by atoms with Crippen molar-refractivity contribution in [3.63, 3.8) is 0 Å². The predicted octanol–water partition coefficient (Wildman–Crippen LogP) is 3.03. The van der Waals surface area contributed by atoms with Gasteiger partial charge in [0.25, 0.3) is 5.91 Å². The number of amides is 2. The minimum atomic E-state index is -0.0288. The lowest BCUT2D eigenvalue weighted by Gasteiger charge is -2.31. The number of furan rings is 1. The van der Waals surface area contributed by atoms with Crippen LogP contribution in [-0.2, 0) is 11.3 Å². The Hall–Kier alpha value is -2.15. The summed E-state index contributed by atoms with van der Waals surface area (Å²) in [6.07, 6.45) is 5.01.